The molecule has 31 heavy (non-hydrogen) atoms. The molecule has 0 heterocycles. The molecule has 0 rings (SSSR count). The van der Waals surface area contributed by atoms with Crippen molar-refractivity contribution in [2.24, 2.45) is 11.7 Å². The van der Waals surface area contributed by atoms with Gasteiger partial charge >= 0.3 is 17.9 Å². The van der Waals surface area contributed by atoms with Gasteiger partial charge in [0, 0.05) is 12.8 Å². The molecule has 0 aliphatic carbocycles. The molecule has 4 unspecified atom stereocenters. The minimum atomic E-state index is -1.41. The maximum Gasteiger partial charge on any atom is 0.322 e. The fourth-order valence-electron chi connectivity index (χ4n) is 2.41. The van der Waals surface area contributed by atoms with Crippen LogP contribution in [0.5, 0.6) is 0 Å². The van der Waals surface area contributed by atoms with E-state index in [9.17, 15) is 28.8 Å². The number of hydrogen-bond acceptors (Lipinski definition) is 7. The quantitative estimate of drug-likeness (QED) is 0.150. The Balaban J connectivity index is 5.40. The summed E-state index contributed by atoms with van der Waals surface area (Å²) < 4.78 is 0. The second-order valence-electron chi connectivity index (χ2n) is 7.01. The van der Waals surface area contributed by atoms with E-state index in [1.54, 1.807) is 6.92 Å². The maximum atomic E-state index is 12.6. The molecule has 0 spiro atoms. The van der Waals surface area contributed by atoms with Crippen molar-refractivity contribution in [1.82, 2.24) is 16.0 Å². The minimum Gasteiger partial charge on any atom is -0.481 e. The highest BCUT2D eigenvalue weighted by atomic mass is 16.4. The lowest BCUT2D eigenvalue weighted by atomic mass is 9.98. The lowest BCUT2D eigenvalue weighted by Gasteiger charge is -2.25. The van der Waals surface area contributed by atoms with Crippen LogP contribution < -0.4 is 21.7 Å². The first-order valence-electron chi connectivity index (χ1n) is 9.68. The van der Waals surface area contributed by atoms with Crippen LogP contribution in [0.2, 0.25) is 0 Å². The smallest absolute Gasteiger partial charge is 0.322 e. The summed E-state index contributed by atoms with van der Waals surface area (Å²) >= 11 is 0. The Morgan fingerprint density at radius 2 is 1.23 bits per heavy atom. The molecule has 0 bridgehead atoms. The van der Waals surface area contributed by atoms with Crippen LogP contribution in [0, 0.1) is 5.92 Å². The molecule has 3 amide bonds. The normalized spacial score (nSPS) is 14.4. The molecule has 13 heteroatoms. The zero-order valence-corrected chi connectivity index (χ0v) is 17.4. The van der Waals surface area contributed by atoms with Gasteiger partial charge in [-0.3, -0.25) is 28.8 Å². The molecule has 4 atom stereocenters. The monoisotopic (exact) mass is 446 g/mol. The number of amides is 3. The number of carbonyl (C=O) groups is 6. The van der Waals surface area contributed by atoms with Crippen LogP contribution in [0.15, 0.2) is 0 Å². The van der Waals surface area contributed by atoms with E-state index in [-0.39, 0.29) is 18.8 Å². The summed E-state index contributed by atoms with van der Waals surface area (Å²) in [6.45, 7) is 2.79. The highest BCUT2D eigenvalue weighted by molar-refractivity contribution is 5.94. The van der Waals surface area contributed by atoms with Gasteiger partial charge in [-0.1, -0.05) is 20.3 Å². The van der Waals surface area contributed by atoms with Crippen LogP contribution in [-0.2, 0) is 28.8 Å². The van der Waals surface area contributed by atoms with E-state index >= 15 is 0 Å². The second kappa shape index (κ2) is 13.9. The zero-order chi connectivity index (χ0) is 24.1. The molecule has 0 saturated heterocycles. The Labute approximate surface area is 178 Å². The summed E-state index contributed by atoms with van der Waals surface area (Å²) in [7, 11) is 0. The molecule has 0 aliphatic heterocycles. The number of rotatable bonds is 15. The summed E-state index contributed by atoms with van der Waals surface area (Å²) in [6, 6.07) is -3.71. The molecule has 0 aromatic carbocycles. The van der Waals surface area contributed by atoms with Crippen LogP contribution in [0.25, 0.3) is 0 Å². The van der Waals surface area contributed by atoms with E-state index in [2.05, 4.69) is 10.6 Å². The molecule has 0 aromatic rings. The van der Waals surface area contributed by atoms with Gasteiger partial charge in [0.2, 0.25) is 17.7 Å². The van der Waals surface area contributed by atoms with Crippen molar-refractivity contribution < 1.29 is 44.1 Å². The fraction of sp³-hybridized carbons (Fsp3) is 0.667. The van der Waals surface area contributed by atoms with Crippen molar-refractivity contribution in [2.75, 3.05) is 6.54 Å². The van der Waals surface area contributed by atoms with Crippen molar-refractivity contribution in [3.05, 3.63) is 0 Å². The van der Waals surface area contributed by atoms with Crippen molar-refractivity contribution in [3.63, 3.8) is 0 Å². The van der Waals surface area contributed by atoms with Crippen molar-refractivity contribution in [2.45, 2.75) is 64.1 Å². The number of carbonyl (C=O) groups excluding carboxylic acids is 3. The van der Waals surface area contributed by atoms with Gasteiger partial charge in [0.1, 0.15) is 18.6 Å². The van der Waals surface area contributed by atoms with E-state index in [0.29, 0.717) is 6.42 Å². The van der Waals surface area contributed by atoms with Crippen molar-refractivity contribution in [1.29, 1.82) is 0 Å². The second-order valence-corrected chi connectivity index (χ2v) is 7.01. The van der Waals surface area contributed by atoms with E-state index in [1.165, 1.54) is 0 Å². The summed E-state index contributed by atoms with van der Waals surface area (Å²) in [5.41, 5.74) is 5.83. The molecule has 176 valence electrons. The van der Waals surface area contributed by atoms with E-state index in [1.807, 2.05) is 12.2 Å². The van der Waals surface area contributed by atoms with Crippen LogP contribution in [-0.4, -0.2) is 75.6 Å². The summed E-state index contributed by atoms with van der Waals surface area (Å²) in [5, 5.41) is 33.0. The van der Waals surface area contributed by atoms with Gasteiger partial charge in [0.15, 0.2) is 0 Å². The Morgan fingerprint density at radius 1 is 0.774 bits per heavy atom. The fourth-order valence-corrected chi connectivity index (χ4v) is 2.41. The van der Waals surface area contributed by atoms with Crippen LogP contribution in [0.4, 0.5) is 0 Å². The van der Waals surface area contributed by atoms with Gasteiger partial charge in [-0.05, 0) is 18.8 Å². The molecule has 13 nitrogen and oxygen atoms in total. The zero-order valence-electron chi connectivity index (χ0n) is 17.4. The largest absolute Gasteiger partial charge is 0.481 e. The van der Waals surface area contributed by atoms with E-state index < -0.39 is 73.1 Å². The third-order valence-corrected chi connectivity index (χ3v) is 4.53. The lowest BCUT2D eigenvalue weighted by molar-refractivity contribution is -0.140. The first-order valence-corrected chi connectivity index (χ1v) is 9.68. The Hall–Kier alpha value is -3.22. The molecule has 0 aliphatic rings. The number of nitrogens with two attached hydrogens (primary N) is 1. The minimum absolute atomic E-state index is 0.215. The lowest BCUT2D eigenvalue weighted by Crippen LogP contribution is -2.56. The Morgan fingerprint density at radius 3 is 1.65 bits per heavy atom. The number of aliphatic carboxylic acids is 3. The predicted molar refractivity (Wildman–Crippen MR) is 106 cm³/mol. The third kappa shape index (κ3) is 11.5. The average Bonchev–Trinajstić information content (AvgIpc) is 2.70. The standard InChI is InChI=1S/C18H30N4O9/c1-3-9(2)15(19)18(31)22-11(5-7-13(25)26)17(30)21-10(4-6-12(23)24)16(29)20-8-14(27)28/h9-11,15H,3-8,19H2,1-2H3,(H,20,29)(H,21,30)(H,22,31)(H,23,24)(H,25,26)(H,27,28). The van der Waals surface area contributed by atoms with Crippen LogP contribution in [0.1, 0.15) is 46.0 Å². The molecule has 8 N–H and O–H groups in total. The number of carboxylic acids is 3. The summed E-state index contributed by atoms with van der Waals surface area (Å²) in [5.74, 6) is -6.57. The van der Waals surface area contributed by atoms with Crippen molar-refractivity contribution in [3.8, 4) is 0 Å². The molecular weight excluding hydrogens is 416 g/mol. The van der Waals surface area contributed by atoms with Gasteiger partial charge in [0.05, 0.1) is 6.04 Å². The molecule has 0 fully saturated rings. The number of hydrogen-bond donors (Lipinski definition) is 7. The average molecular weight is 446 g/mol. The third-order valence-electron chi connectivity index (χ3n) is 4.53. The summed E-state index contributed by atoms with van der Waals surface area (Å²) in [4.78, 5) is 69.5. The molecular formula is C18H30N4O9. The SMILES string of the molecule is CCC(C)C(N)C(=O)NC(CCC(=O)O)C(=O)NC(CCC(=O)O)C(=O)NCC(=O)O. The van der Waals surface area contributed by atoms with Gasteiger partial charge in [-0.15, -0.1) is 0 Å². The number of nitrogens with one attached hydrogen (secondary N) is 3. The maximum absolute atomic E-state index is 12.6. The Bertz CT molecular complexity index is 683. The van der Waals surface area contributed by atoms with Crippen LogP contribution in [0.3, 0.4) is 0 Å². The number of carboxylic acid groups (broad SMARTS) is 3. The van der Waals surface area contributed by atoms with Gasteiger partial charge in [-0.2, -0.15) is 0 Å². The van der Waals surface area contributed by atoms with E-state index in [4.69, 9.17) is 21.1 Å². The van der Waals surface area contributed by atoms with Crippen LogP contribution >= 0.6 is 0 Å². The first kappa shape index (κ1) is 27.8. The van der Waals surface area contributed by atoms with Gasteiger partial charge in [-0.25, -0.2) is 0 Å². The molecule has 0 aromatic heterocycles. The summed E-state index contributed by atoms with van der Waals surface area (Å²) in [6.07, 6.45) is -1.04. The Kier molecular flexibility index (Phi) is 12.5. The van der Waals surface area contributed by atoms with E-state index in [0.717, 1.165) is 0 Å². The van der Waals surface area contributed by atoms with Gasteiger partial charge in [0.25, 0.3) is 0 Å². The predicted octanol–water partition coefficient (Wildman–Crippen LogP) is -1.74. The first-order chi connectivity index (χ1) is 14.4. The van der Waals surface area contributed by atoms with Gasteiger partial charge < -0.3 is 37.0 Å². The molecule has 0 saturated carbocycles. The van der Waals surface area contributed by atoms with Crippen molar-refractivity contribution >= 4 is 35.6 Å². The highest BCUT2D eigenvalue weighted by Crippen LogP contribution is 2.08. The highest BCUT2D eigenvalue weighted by Gasteiger charge is 2.30. The topological polar surface area (TPSA) is 225 Å². The molecule has 0 radical (unpaired) electrons.